The molecule has 1 aliphatic heterocycles. The molecule has 1 aliphatic rings. The Hall–Kier alpha value is -3.94. The molecule has 8 heteroatoms. The Morgan fingerprint density at radius 3 is 2.78 bits per heavy atom. The molecule has 0 aliphatic carbocycles. The summed E-state index contributed by atoms with van der Waals surface area (Å²) in [5.74, 6) is 1.68. The zero-order valence-corrected chi connectivity index (χ0v) is 17.7. The molecule has 2 amide bonds. The Morgan fingerprint density at radius 2 is 1.88 bits per heavy atom. The topological polar surface area (TPSA) is 88.0 Å². The monoisotopic (exact) mass is 427 g/mol. The minimum absolute atomic E-state index is 0.0499. The highest BCUT2D eigenvalue weighted by atomic mass is 16.2. The number of hydrogen-bond donors (Lipinski definition) is 2. The van der Waals surface area contributed by atoms with Crippen LogP contribution in [0.5, 0.6) is 0 Å². The number of urea groups is 1. The van der Waals surface area contributed by atoms with E-state index < -0.39 is 0 Å². The number of aromatic nitrogens is 4. The number of nitrogens with zero attached hydrogens (tertiary/aromatic N) is 5. The number of fused-ring (bicyclic) bond motifs is 1. The Morgan fingerprint density at radius 1 is 1.03 bits per heavy atom. The number of carbonyl (C=O) groups is 1. The molecule has 2 aromatic carbocycles. The van der Waals surface area contributed by atoms with E-state index in [1.165, 1.54) is 0 Å². The largest absolute Gasteiger partial charge is 0.354 e. The number of likely N-dealkylation sites (tertiary alicyclic amines) is 1. The number of benzene rings is 2. The molecule has 2 N–H and O–H groups in total. The second kappa shape index (κ2) is 9.05. The van der Waals surface area contributed by atoms with Gasteiger partial charge in [-0.2, -0.15) is 4.98 Å². The fourth-order valence-electron chi connectivity index (χ4n) is 4.09. The van der Waals surface area contributed by atoms with Gasteiger partial charge in [-0.05, 0) is 49.1 Å². The lowest BCUT2D eigenvalue weighted by Gasteiger charge is -2.32. The Bertz CT molecular complexity index is 1210. The quantitative estimate of drug-likeness (QED) is 0.499. The maximum absolute atomic E-state index is 12.6. The van der Waals surface area contributed by atoms with Crippen molar-refractivity contribution in [2.75, 3.05) is 30.3 Å². The molecule has 0 bridgehead atoms. The van der Waals surface area contributed by atoms with Crippen molar-refractivity contribution in [3.05, 3.63) is 73.2 Å². The molecule has 3 heterocycles. The van der Waals surface area contributed by atoms with E-state index in [2.05, 4.69) is 25.6 Å². The summed E-state index contributed by atoms with van der Waals surface area (Å²) in [6.45, 7) is 2.19. The normalized spacial score (nSPS) is 16.1. The number of carbonyl (C=O) groups excluding carboxylic acids is 1. The molecule has 8 nitrogen and oxygen atoms in total. The molecule has 5 rings (SSSR count). The van der Waals surface area contributed by atoms with Gasteiger partial charge in [-0.1, -0.05) is 30.3 Å². The molecule has 2 aromatic heterocycles. The summed E-state index contributed by atoms with van der Waals surface area (Å²) < 4.78 is 1.96. The molecule has 0 radical (unpaired) electrons. The highest BCUT2D eigenvalue weighted by Crippen LogP contribution is 2.20. The summed E-state index contributed by atoms with van der Waals surface area (Å²) in [5.41, 5.74) is 2.75. The Balaban J connectivity index is 1.21. The highest BCUT2D eigenvalue weighted by molar-refractivity contribution is 5.89. The van der Waals surface area contributed by atoms with E-state index >= 15 is 0 Å². The third-order valence-corrected chi connectivity index (χ3v) is 5.72. The van der Waals surface area contributed by atoms with Crippen molar-refractivity contribution in [2.24, 2.45) is 5.92 Å². The van der Waals surface area contributed by atoms with Crippen LogP contribution in [-0.2, 0) is 0 Å². The molecular weight excluding hydrogens is 402 g/mol. The summed E-state index contributed by atoms with van der Waals surface area (Å²) in [7, 11) is 0. The molecule has 162 valence electrons. The third-order valence-electron chi connectivity index (χ3n) is 5.72. The predicted molar refractivity (Wildman–Crippen MR) is 125 cm³/mol. The van der Waals surface area contributed by atoms with Crippen LogP contribution in [0.2, 0.25) is 0 Å². The van der Waals surface area contributed by atoms with Gasteiger partial charge in [-0.25, -0.2) is 14.8 Å². The molecule has 1 saturated heterocycles. The average Bonchev–Trinajstić information content (AvgIpc) is 3.28. The van der Waals surface area contributed by atoms with Crippen molar-refractivity contribution in [1.29, 1.82) is 0 Å². The number of para-hydroxylation sites is 3. The van der Waals surface area contributed by atoms with Gasteiger partial charge in [0.2, 0.25) is 5.95 Å². The maximum atomic E-state index is 12.6. The minimum Gasteiger partial charge on any atom is -0.354 e. The first-order valence-electron chi connectivity index (χ1n) is 10.9. The van der Waals surface area contributed by atoms with E-state index in [1.807, 2.05) is 70.1 Å². The van der Waals surface area contributed by atoms with Crippen molar-refractivity contribution < 1.29 is 4.79 Å². The van der Waals surface area contributed by atoms with Crippen LogP contribution in [0, 0.1) is 5.92 Å². The van der Waals surface area contributed by atoms with Crippen LogP contribution in [0.1, 0.15) is 12.8 Å². The third kappa shape index (κ3) is 4.39. The molecule has 1 atom stereocenters. The first-order chi connectivity index (χ1) is 15.8. The number of imidazole rings is 1. The van der Waals surface area contributed by atoms with Crippen LogP contribution < -0.4 is 10.6 Å². The lowest BCUT2D eigenvalue weighted by atomic mass is 9.98. The summed E-state index contributed by atoms with van der Waals surface area (Å²) in [4.78, 5) is 28.0. The van der Waals surface area contributed by atoms with Crippen LogP contribution in [0.25, 0.3) is 16.9 Å². The Labute approximate surface area is 186 Å². The maximum Gasteiger partial charge on any atom is 0.321 e. The Kier molecular flexibility index (Phi) is 5.65. The van der Waals surface area contributed by atoms with Crippen molar-refractivity contribution in [1.82, 2.24) is 24.4 Å². The van der Waals surface area contributed by atoms with Crippen molar-refractivity contribution in [3.8, 4) is 5.82 Å². The summed E-state index contributed by atoms with van der Waals surface area (Å²) >= 11 is 0. The summed E-state index contributed by atoms with van der Waals surface area (Å²) in [5, 5.41) is 6.34. The van der Waals surface area contributed by atoms with E-state index in [1.54, 1.807) is 12.5 Å². The SMILES string of the molecule is O=C(Nc1ccccc1)N1CCCC(CNc2nccc(-n3cnc4ccccc43)n2)C1. The smallest absolute Gasteiger partial charge is 0.321 e. The zero-order chi connectivity index (χ0) is 21.8. The van der Waals surface area contributed by atoms with Gasteiger partial charge < -0.3 is 15.5 Å². The van der Waals surface area contributed by atoms with Crippen LogP contribution in [0.4, 0.5) is 16.4 Å². The van der Waals surface area contributed by atoms with Crippen molar-refractivity contribution in [2.45, 2.75) is 12.8 Å². The van der Waals surface area contributed by atoms with E-state index in [0.29, 0.717) is 25.0 Å². The minimum atomic E-state index is -0.0499. The van der Waals surface area contributed by atoms with Gasteiger partial charge in [0.05, 0.1) is 11.0 Å². The second-order valence-electron chi connectivity index (χ2n) is 7.97. The summed E-state index contributed by atoms with van der Waals surface area (Å²) in [6, 6.07) is 19.3. The number of piperidine rings is 1. The molecule has 0 saturated carbocycles. The van der Waals surface area contributed by atoms with Gasteiger partial charge in [0.15, 0.2) is 0 Å². The number of rotatable bonds is 5. The van der Waals surface area contributed by atoms with Crippen LogP contribution >= 0.6 is 0 Å². The van der Waals surface area contributed by atoms with Crippen LogP contribution in [0.15, 0.2) is 73.2 Å². The molecule has 1 unspecified atom stereocenters. The lowest BCUT2D eigenvalue weighted by Crippen LogP contribution is -2.44. The van der Waals surface area contributed by atoms with Gasteiger partial charge in [0.25, 0.3) is 0 Å². The molecule has 32 heavy (non-hydrogen) atoms. The van der Waals surface area contributed by atoms with Gasteiger partial charge in [0.1, 0.15) is 12.1 Å². The lowest BCUT2D eigenvalue weighted by molar-refractivity contribution is 0.180. The fourth-order valence-corrected chi connectivity index (χ4v) is 4.09. The number of anilines is 2. The first-order valence-corrected chi connectivity index (χ1v) is 10.9. The molecule has 0 spiro atoms. The van der Waals surface area contributed by atoms with Gasteiger partial charge in [-0.15, -0.1) is 0 Å². The predicted octanol–water partition coefficient (Wildman–Crippen LogP) is 4.17. The zero-order valence-electron chi connectivity index (χ0n) is 17.7. The fraction of sp³-hybridized carbons (Fsp3) is 0.250. The van der Waals surface area contributed by atoms with E-state index in [9.17, 15) is 4.79 Å². The summed E-state index contributed by atoms with van der Waals surface area (Å²) in [6.07, 6.45) is 5.57. The van der Waals surface area contributed by atoms with Crippen molar-refractivity contribution in [3.63, 3.8) is 0 Å². The number of hydrogen-bond acceptors (Lipinski definition) is 5. The van der Waals surface area contributed by atoms with E-state index in [4.69, 9.17) is 0 Å². The standard InChI is InChI=1S/C24H25N7O/c32-24(28-19-8-2-1-3-9-19)30-14-6-7-18(16-30)15-26-23-25-13-12-22(29-23)31-17-27-20-10-4-5-11-21(20)31/h1-5,8-13,17-18H,6-7,14-16H2,(H,28,32)(H,25,26,29). The van der Waals surface area contributed by atoms with Gasteiger partial charge >= 0.3 is 6.03 Å². The van der Waals surface area contributed by atoms with Gasteiger partial charge in [0, 0.05) is 31.5 Å². The molecule has 4 aromatic rings. The average molecular weight is 428 g/mol. The molecule has 1 fully saturated rings. The number of amides is 2. The van der Waals surface area contributed by atoms with E-state index in [-0.39, 0.29) is 6.03 Å². The molecular formula is C24H25N7O. The number of nitrogens with one attached hydrogen (secondary N) is 2. The van der Waals surface area contributed by atoms with Crippen LogP contribution in [-0.4, -0.2) is 50.1 Å². The second-order valence-corrected chi connectivity index (χ2v) is 7.97. The van der Waals surface area contributed by atoms with Gasteiger partial charge in [-0.3, -0.25) is 4.57 Å². The highest BCUT2D eigenvalue weighted by Gasteiger charge is 2.24. The van der Waals surface area contributed by atoms with Crippen molar-refractivity contribution >= 4 is 28.7 Å². The van der Waals surface area contributed by atoms with E-state index in [0.717, 1.165) is 41.9 Å². The first kappa shape index (κ1) is 20.0. The van der Waals surface area contributed by atoms with Crippen LogP contribution in [0.3, 0.4) is 0 Å².